The van der Waals surface area contributed by atoms with Gasteiger partial charge < -0.3 is 5.32 Å². The summed E-state index contributed by atoms with van der Waals surface area (Å²) in [6.45, 7) is 2.93. The van der Waals surface area contributed by atoms with Crippen LogP contribution >= 0.6 is 15.9 Å². The first-order valence-electron chi connectivity index (χ1n) is 7.04. The molecule has 0 fully saturated rings. The van der Waals surface area contributed by atoms with Gasteiger partial charge in [-0.1, -0.05) is 46.3 Å². The van der Waals surface area contributed by atoms with E-state index in [1.165, 1.54) is 16.5 Å². The van der Waals surface area contributed by atoms with Gasteiger partial charge in [0.2, 0.25) is 0 Å². The molecule has 0 amide bonds. The number of benzene rings is 2. The van der Waals surface area contributed by atoms with Crippen LogP contribution in [0.1, 0.15) is 24.2 Å². The predicted octanol–water partition coefficient (Wildman–Crippen LogP) is 4.19. The molecule has 1 atom stereocenters. The van der Waals surface area contributed by atoms with Crippen molar-refractivity contribution in [1.82, 2.24) is 15.1 Å². The summed E-state index contributed by atoms with van der Waals surface area (Å²) in [7, 11) is 1.99. The molecule has 1 aromatic heterocycles. The normalized spacial score (nSPS) is 12.7. The van der Waals surface area contributed by atoms with Crippen molar-refractivity contribution >= 4 is 26.8 Å². The van der Waals surface area contributed by atoms with E-state index in [4.69, 9.17) is 0 Å². The zero-order chi connectivity index (χ0) is 14.8. The van der Waals surface area contributed by atoms with Crippen molar-refractivity contribution in [1.29, 1.82) is 0 Å². The first-order valence-corrected chi connectivity index (χ1v) is 7.84. The second-order valence-electron chi connectivity index (χ2n) is 5.25. The van der Waals surface area contributed by atoms with E-state index in [1.54, 1.807) is 0 Å². The minimum Gasteiger partial charge on any atom is -0.304 e. The second-order valence-corrected chi connectivity index (χ2v) is 6.16. The molecule has 0 saturated carbocycles. The van der Waals surface area contributed by atoms with Crippen molar-refractivity contribution in [3.63, 3.8) is 0 Å². The molecule has 3 aromatic rings. The Morgan fingerprint density at radius 1 is 1.19 bits per heavy atom. The van der Waals surface area contributed by atoms with E-state index in [0.29, 0.717) is 0 Å². The molecule has 0 saturated heterocycles. The summed E-state index contributed by atoms with van der Waals surface area (Å²) in [4.78, 5) is 0. The Bertz CT molecular complexity index is 764. The molecular weight excluding hydrogens is 326 g/mol. The van der Waals surface area contributed by atoms with E-state index in [1.807, 2.05) is 23.9 Å². The van der Waals surface area contributed by atoms with Gasteiger partial charge in [0.25, 0.3) is 0 Å². The zero-order valence-electron chi connectivity index (χ0n) is 12.2. The summed E-state index contributed by atoms with van der Waals surface area (Å²) in [5.41, 5.74) is 3.53. The molecule has 0 unspecified atom stereocenters. The lowest BCUT2D eigenvalue weighted by Gasteiger charge is -2.13. The molecule has 3 nitrogen and oxygen atoms in total. The second kappa shape index (κ2) is 6.00. The van der Waals surface area contributed by atoms with Gasteiger partial charge in [0.05, 0.1) is 11.2 Å². The number of fused-ring (bicyclic) bond motifs is 1. The highest BCUT2D eigenvalue weighted by Gasteiger charge is 2.10. The van der Waals surface area contributed by atoms with Crippen LogP contribution in [0.2, 0.25) is 0 Å². The summed E-state index contributed by atoms with van der Waals surface area (Å²) < 4.78 is 3.05. The Morgan fingerprint density at radius 2 is 2.00 bits per heavy atom. The lowest BCUT2D eigenvalue weighted by atomic mass is 10.1. The Kier molecular flexibility index (Phi) is 4.08. The molecule has 4 heteroatoms. The van der Waals surface area contributed by atoms with Crippen LogP contribution < -0.4 is 5.32 Å². The van der Waals surface area contributed by atoms with Gasteiger partial charge in [-0.15, -0.1) is 0 Å². The zero-order valence-corrected chi connectivity index (χ0v) is 13.8. The molecule has 0 spiro atoms. The third kappa shape index (κ3) is 3.01. The van der Waals surface area contributed by atoms with Gasteiger partial charge in [0.1, 0.15) is 0 Å². The fourth-order valence-corrected chi connectivity index (χ4v) is 2.98. The smallest absolute Gasteiger partial charge is 0.0841 e. The fourth-order valence-electron chi connectivity index (χ4n) is 2.56. The largest absolute Gasteiger partial charge is 0.304 e. The molecule has 2 aromatic carbocycles. The van der Waals surface area contributed by atoms with Crippen molar-refractivity contribution in [3.8, 4) is 0 Å². The average molecular weight is 344 g/mol. The van der Waals surface area contributed by atoms with E-state index in [9.17, 15) is 0 Å². The molecule has 0 aliphatic heterocycles. The molecule has 1 heterocycles. The van der Waals surface area contributed by atoms with Gasteiger partial charge in [0.15, 0.2) is 0 Å². The van der Waals surface area contributed by atoms with Gasteiger partial charge in [0, 0.05) is 29.5 Å². The number of nitrogens with one attached hydrogen (secondary N) is 1. The first-order chi connectivity index (χ1) is 10.1. The lowest BCUT2D eigenvalue weighted by Crippen LogP contribution is -2.18. The third-order valence-corrected chi connectivity index (χ3v) is 4.25. The highest BCUT2D eigenvalue weighted by atomic mass is 79.9. The number of nitrogens with zero attached hydrogens (tertiary/aromatic N) is 2. The molecule has 0 bridgehead atoms. The molecule has 0 aliphatic rings. The fraction of sp³-hybridized carbons (Fsp3) is 0.235. The maximum atomic E-state index is 4.62. The van der Waals surface area contributed by atoms with Crippen LogP contribution in [0.3, 0.4) is 0 Å². The van der Waals surface area contributed by atoms with Crippen LogP contribution in [-0.2, 0) is 13.6 Å². The van der Waals surface area contributed by atoms with Gasteiger partial charge in [-0.25, -0.2) is 0 Å². The third-order valence-electron chi connectivity index (χ3n) is 3.76. The van der Waals surface area contributed by atoms with E-state index in [-0.39, 0.29) is 6.04 Å². The van der Waals surface area contributed by atoms with Crippen molar-refractivity contribution in [2.45, 2.75) is 19.5 Å². The van der Waals surface area contributed by atoms with Gasteiger partial charge in [-0.2, -0.15) is 5.10 Å². The first kappa shape index (κ1) is 14.3. The Labute approximate surface area is 133 Å². The van der Waals surface area contributed by atoms with E-state index in [2.05, 4.69) is 69.7 Å². The SMILES string of the molecule is C[C@H](NCc1nn(C)c2ccccc12)c1cccc(Br)c1. The Balaban J connectivity index is 1.77. The van der Waals surface area contributed by atoms with Crippen LogP contribution in [0.25, 0.3) is 10.9 Å². The van der Waals surface area contributed by atoms with E-state index < -0.39 is 0 Å². The molecule has 21 heavy (non-hydrogen) atoms. The van der Waals surface area contributed by atoms with Crippen LogP contribution in [0.5, 0.6) is 0 Å². The number of aromatic nitrogens is 2. The van der Waals surface area contributed by atoms with Crippen molar-refractivity contribution in [3.05, 3.63) is 64.3 Å². The summed E-state index contributed by atoms with van der Waals surface area (Å²) in [5, 5.41) is 9.39. The minimum atomic E-state index is 0.281. The Morgan fingerprint density at radius 3 is 2.81 bits per heavy atom. The van der Waals surface area contributed by atoms with E-state index >= 15 is 0 Å². The molecule has 0 radical (unpaired) electrons. The quantitative estimate of drug-likeness (QED) is 0.769. The highest BCUT2D eigenvalue weighted by molar-refractivity contribution is 9.10. The number of rotatable bonds is 4. The van der Waals surface area contributed by atoms with Crippen molar-refractivity contribution < 1.29 is 0 Å². The van der Waals surface area contributed by atoms with Crippen LogP contribution in [0, 0.1) is 0 Å². The minimum absolute atomic E-state index is 0.281. The average Bonchev–Trinajstić information content (AvgIpc) is 2.82. The number of para-hydroxylation sites is 1. The highest BCUT2D eigenvalue weighted by Crippen LogP contribution is 2.20. The lowest BCUT2D eigenvalue weighted by molar-refractivity contribution is 0.563. The number of halogens is 1. The van der Waals surface area contributed by atoms with Gasteiger partial charge >= 0.3 is 0 Å². The van der Waals surface area contributed by atoms with Crippen LogP contribution in [0.4, 0.5) is 0 Å². The van der Waals surface area contributed by atoms with Crippen LogP contribution in [-0.4, -0.2) is 9.78 Å². The summed E-state index contributed by atoms with van der Waals surface area (Å²) in [5.74, 6) is 0. The molecule has 3 rings (SSSR count). The number of aryl methyl sites for hydroxylation is 1. The standard InChI is InChI=1S/C17H18BrN3/c1-12(13-6-5-7-14(18)10-13)19-11-16-15-8-3-4-9-17(15)21(2)20-16/h3-10,12,19H,11H2,1-2H3/t12-/m0/s1. The van der Waals surface area contributed by atoms with Crippen molar-refractivity contribution in [2.24, 2.45) is 7.05 Å². The molecular formula is C17H18BrN3. The number of hydrogen-bond acceptors (Lipinski definition) is 2. The molecule has 0 aliphatic carbocycles. The maximum absolute atomic E-state index is 4.62. The molecule has 1 N–H and O–H groups in total. The topological polar surface area (TPSA) is 29.9 Å². The Hall–Kier alpha value is -1.65. The number of hydrogen-bond donors (Lipinski definition) is 1. The molecule has 108 valence electrons. The van der Waals surface area contributed by atoms with Crippen molar-refractivity contribution in [2.75, 3.05) is 0 Å². The monoisotopic (exact) mass is 343 g/mol. The summed E-state index contributed by atoms with van der Waals surface area (Å²) in [6.07, 6.45) is 0. The maximum Gasteiger partial charge on any atom is 0.0841 e. The van der Waals surface area contributed by atoms with Crippen LogP contribution in [0.15, 0.2) is 53.0 Å². The van der Waals surface area contributed by atoms with Gasteiger partial charge in [-0.05, 0) is 30.7 Å². The van der Waals surface area contributed by atoms with E-state index in [0.717, 1.165) is 16.7 Å². The summed E-state index contributed by atoms with van der Waals surface area (Å²) in [6, 6.07) is 17.0. The predicted molar refractivity (Wildman–Crippen MR) is 90.1 cm³/mol. The summed E-state index contributed by atoms with van der Waals surface area (Å²) >= 11 is 3.52. The van der Waals surface area contributed by atoms with Gasteiger partial charge in [-0.3, -0.25) is 4.68 Å².